The molecule has 0 aliphatic heterocycles. The fraction of sp³-hybridized carbons (Fsp3) is 0.875. The average molecular weight is 284 g/mol. The van der Waals surface area contributed by atoms with Crippen molar-refractivity contribution in [1.29, 1.82) is 0 Å². The van der Waals surface area contributed by atoms with Crippen molar-refractivity contribution in [3.8, 4) is 0 Å². The Kier molecular flexibility index (Phi) is 9.30. The lowest BCUT2D eigenvalue weighted by atomic mass is 9.96. The second kappa shape index (κ2) is 9.50. The lowest BCUT2D eigenvalue weighted by Gasteiger charge is -2.34. The van der Waals surface area contributed by atoms with Crippen molar-refractivity contribution >= 4 is 0 Å². The van der Waals surface area contributed by atoms with Crippen LogP contribution < -0.4 is 16.9 Å². The van der Waals surface area contributed by atoms with Crippen LogP contribution in [0.4, 0.5) is 0 Å². The molecule has 0 saturated carbocycles. The van der Waals surface area contributed by atoms with Gasteiger partial charge in [0.2, 0.25) is 0 Å². The molecule has 0 rings (SSSR count). The van der Waals surface area contributed by atoms with Crippen LogP contribution in [0.3, 0.4) is 0 Å². The van der Waals surface area contributed by atoms with Gasteiger partial charge >= 0.3 is 0 Å². The van der Waals surface area contributed by atoms with Crippen LogP contribution in [-0.2, 0) is 0 Å². The number of hydrogen-bond donors (Lipinski definition) is 3. The summed E-state index contributed by atoms with van der Waals surface area (Å²) in [5.41, 5.74) is 5.71. The van der Waals surface area contributed by atoms with Crippen molar-refractivity contribution < 1.29 is 0 Å². The third-order valence-corrected chi connectivity index (χ3v) is 4.09. The van der Waals surface area contributed by atoms with Crippen LogP contribution in [0.15, 0.2) is 12.2 Å². The van der Waals surface area contributed by atoms with Crippen molar-refractivity contribution in [1.82, 2.24) is 10.3 Å². The second-order valence-electron chi connectivity index (χ2n) is 6.79. The highest BCUT2D eigenvalue weighted by atomic mass is 15.4. The van der Waals surface area contributed by atoms with E-state index in [0.717, 1.165) is 25.9 Å². The van der Waals surface area contributed by atoms with Gasteiger partial charge in [0.25, 0.3) is 0 Å². The van der Waals surface area contributed by atoms with E-state index >= 15 is 0 Å². The molecule has 0 radical (unpaired) electrons. The van der Waals surface area contributed by atoms with Crippen LogP contribution in [0.2, 0.25) is 0 Å². The minimum absolute atomic E-state index is 0.0270. The van der Waals surface area contributed by atoms with Gasteiger partial charge in [0, 0.05) is 24.2 Å². The summed E-state index contributed by atoms with van der Waals surface area (Å²) in [6.07, 6.45) is 8.63. The topological polar surface area (TPSA) is 67.3 Å². The largest absolute Gasteiger partial charge is 0.327 e. The molecule has 0 atom stereocenters. The summed E-state index contributed by atoms with van der Waals surface area (Å²) in [5, 5.41) is 5.50. The molecule has 0 amide bonds. The van der Waals surface area contributed by atoms with Gasteiger partial charge in [0.15, 0.2) is 0 Å². The zero-order chi connectivity index (χ0) is 15.6. The van der Waals surface area contributed by atoms with E-state index in [2.05, 4.69) is 39.9 Å². The SMILES string of the molecule is CCC(C)(C)NCCCCC(C)(C)N(N)C/C=C\CN. The van der Waals surface area contributed by atoms with Crippen LogP contribution in [-0.4, -0.2) is 35.7 Å². The highest BCUT2D eigenvalue weighted by Gasteiger charge is 2.22. The summed E-state index contributed by atoms with van der Waals surface area (Å²) in [7, 11) is 0. The monoisotopic (exact) mass is 284 g/mol. The Bertz CT molecular complexity index is 272. The molecule has 0 saturated heterocycles. The van der Waals surface area contributed by atoms with Crippen molar-refractivity contribution in [2.24, 2.45) is 11.6 Å². The van der Waals surface area contributed by atoms with E-state index in [9.17, 15) is 0 Å². The number of nitrogens with two attached hydrogens (primary N) is 2. The molecule has 0 aliphatic carbocycles. The highest BCUT2D eigenvalue weighted by Crippen LogP contribution is 2.18. The van der Waals surface area contributed by atoms with Gasteiger partial charge < -0.3 is 11.1 Å². The van der Waals surface area contributed by atoms with Crippen LogP contribution in [0, 0.1) is 0 Å². The number of nitrogens with zero attached hydrogens (tertiary/aromatic N) is 1. The summed E-state index contributed by atoms with van der Waals surface area (Å²) in [6.45, 7) is 13.5. The Balaban J connectivity index is 3.89. The van der Waals surface area contributed by atoms with Gasteiger partial charge in [-0.15, -0.1) is 0 Å². The number of hydrazine groups is 1. The first-order valence-electron chi connectivity index (χ1n) is 7.87. The van der Waals surface area contributed by atoms with Gasteiger partial charge in [0.1, 0.15) is 0 Å². The first-order valence-corrected chi connectivity index (χ1v) is 7.87. The van der Waals surface area contributed by atoms with Crippen LogP contribution >= 0.6 is 0 Å². The average Bonchev–Trinajstić information content (AvgIpc) is 2.38. The lowest BCUT2D eigenvalue weighted by molar-refractivity contribution is 0.124. The quantitative estimate of drug-likeness (QED) is 0.236. The Morgan fingerprint density at radius 3 is 2.30 bits per heavy atom. The summed E-state index contributed by atoms with van der Waals surface area (Å²) in [6, 6.07) is 0. The summed E-state index contributed by atoms with van der Waals surface area (Å²) >= 11 is 0. The van der Waals surface area contributed by atoms with Gasteiger partial charge in [-0.05, 0) is 53.5 Å². The van der Waals surface area contributed by atoms with Gasteiger partial charge in [-0.3, -0.25) is 5.84 Å². The van der Waals surface area contributed by atoms with E-state index in [4.69, 9.17) is 11.6 Å². The first kappa shape index (κ1) is 19.6. The summed E-state index contributed by atoms with van der Waals surface area (Å²) in [5.74, 6) is 6.12. The Morgan fingerprint density at radius 2 is 1.75 bits per heavy atom. The highest BCUT2D eigenvalue weighted by molar-refractivity contribution is 4.89. The fourth-order valence-electron chi connectivity index (χ4n) is 1.91. The Morgan fingerprint density at radius 1 is 1.10 bits per heavy atom. The fourth-order valence-corrected chi connectivity index (χ4v) is 1.91. The first-order chi connectivity index (χ1) is 9.25. The predicted molar refractivity (Wildman–Crippen MR) is 89.4 cm³/mol. The van der Waals surface area contributed by atoms with E-state index in [-0.39, 0.29) is 11.1 Å². The molecule has 5 N–H and O–H groups in total. The lowest BCUT2D eigenvalue weighted by Crippen LogP contribution is -2.48. The maximum absolute atomic E-state index is 6.12. The smallest absolute Gasteiger partial charge is 0.0315 e. The third kappa shape index (κ3) is 8.69. The summed E-state index contributed by atoms with van der Waals surface area (Å²) < 4.78 is 0. The van der Waals surface area contributed by atoms with E-state index in [1.165, 1.54) is 12.8 Å². The number of unbranched alkanes of at least 4 members (excludes halogenated alkanes) is 1. The minimum atomic E-state index is 0.0270. The molecule has 4 heteroatoms. The Hall–Kier alpha value is -0.420. The van der Waals surface area contributed by atoms with Crippen LogP contribution in [0.5, 0.6) is 0 Å². The molecule has 4 nitrogen and oxygen atoms in total. The molecule has 0 aromatic rings. The molecule has 120 valence electrons. The minimum Gasteiger partial charge on any atom is -0.327 e. The number of hydrogen-bond acceptors (Lipinski definition) is 4. The molecule has 0 aromatic carbocycles. The maximum Gasteiger partial charge on any atom is 0.0315 e. The molecule has 0 heterocycles. The normalized spacial score (nSPS) is 13.6. The van der Waals surface area contributed by atoms with Gasteiger partial charge in [0.05, 0.1) is 0 Å². The van der Waals surface area contributed by atoms with Gasteiger partial charge in [-0.2, -0.15) is 0 Å². The van der Waals surface area contributed by atoms with Gasteiger partial charge in [-0.25, -0.2) is 5.01 Å². The third-order valence-electron chi connectivity index (χ3n) is 4.09. The second-order valence-corrected chi connectivity index (χ2v) is 6.79. The zero-order valence-electron chi connectivity index (χ0n) is 14.2. The predicted octanol–water partition coefficient (Wildman–Crippen LogP) is 2.40. The van der Waals surface area contributed by atoms with E-state index in [0.29, 0.717) is 6.54 Å². The molecule has 0 aromatic heterocycles. The molecular formula is C16H36N4. The molecular weight excluding hydrogens is 248 g/mol. The standard InChI is InChI=1S/C16H36N4/c1-6-15(2,3)19-13-9-7-11-16(4,5)20(18)14-10-8-12-17/h8,10,19H,6-7,9,11-14,17-18H2,1-5H3/b10-8-. The van der Waals surface area contributed by atoms with Crippen molar-refractivity contribution in [3.05, 3.63) is 12.2 Å². The zero-order valence-corrected chi connectivity index (χ0v) is 14.2. The Labute approximate surface area is 125 Å². The van der Waals surface area contributed by atoms with E-state index in [1.54, 1.807) is 0 Å². The van der Waals surface area contributed by atoms with Crippen molar-refractivity contribution in [2.45, 2.75) is 71.4 Å². The summed E-state index contributed by atoms with van der Waals surface area (Å²) in [4.78, 5) is 0. The van der Waals surface area contributed by atoms with Gasteiger partial charge in [-0.1, -0.05) is 25.5 Å². The van der Waals surface area contributed by atoms with Crippen molar-refractivity contribution in [3.63, 3.8) is 0 Å². The molecule has 0 unspecified atom stereocenters. The molecule has 0 fully saturated rings. The van der Waals surface area contributed by atoms with Crippen molar-refractivity contribution in [2.75, 3.05) is 19.6 Å². The maximum atomic E-state index is 6.12. The van der Waals surface area contributed by atoms with E-state index < -0.39 is 0 Å². The number of rotatable bonds is 11. The van der Waals surface area contributed by atoms with Crippen LogP contribution in [0.25, 0.3) is 0 Å². The van der Waals surface area contributed by atoms with E-state index in [1.807, 2.05) is 17.2 Å². The molecule has 0 spiro atoms. The molecule has 0 bridgehead atoms. The van der Waals surface area contributed by atoms with Crippen LogP contribution in [0.1, 0.15) is 60.3 Å². The number of nitrogens with one attached hydrogen (secondary N) is 1. The molecule has 20 heavy (non-hydrogen) atoms. The molecule has 0 aliphatic rings.